The van der Waals surface area contributed by atoms with Gasteiger partial charge in [-0.05, 0) is 19.8 Å². The predicted molar refractivity (Wildman–Crippen MR) is 57.5 cm³/mol. The van der Waals surface area contributed by atoms with Crippen molar-refractivity contribution in [1.29, 1.82) is 0 Å². The molecule has 5 nitrogen and oxygen atoms in total. The van der Waals surface area contributed by atoms with Crippen molar-refractivity contribution >= 4 is 12.3 Å². The van der Waals surface area contributed by atoms with E-state index in [2.05, 4.69) is 10.3 Å². The van der Waals surface area contributed by atoms with Gasteiger partial charge in [0.25, 0.3) is 0 Å². The topological polar surface area (TPSA) is 72.5 Å². The van der Waals surface area contributed by atoms with Crippen LogP contribution in [0, 0.1) is 0 Å². The molecule has 0 radical (unpaired) electrons. The average molecular weight is 215 g/mol. The van der Waals surface area contributed by atoms with Gasteiger partial charge >= 0.3 is 12.3 Å². The number of rotatable bonds is 2. The van der Waals surface area contributed by atoms with Crippen LogP contribution in [0.3, 0.4) is 0 Å². The number of carbonyl (C=O) groups is 1. The second-order valence-electron chi connectivity index (χ2n) is 3.04. The van der Waals surface area contributed by atoms with Gasteiger partial charge in [0.2, 0.25) is 0 Å². The van der Waals surface area contributed by atoms with E-state index < -0.39 is 0 Å². The predicted octanol–water partition coefficient (Wildman–Crippen LogP) is -0.900. The summed E-state index contributed by atoms with van der Waals surface area (Å²) in [6.07, 6.45) is 4.70. The molecular formula is C10H19N2O3+. The molecule has 1 heterocycles. The Balaban J connectivity index is 0.000000322. The summed E-state index contributed by atoms with van der Waals surface area (Å²) in [6.45, 7) is 3.63. The molecule has 15 heavy (non-hydrogen) atoms. The van der Waals surface area contributed by atoms with Gasteiger partial charge in [0.15, 0.2) is 0 Å². The maximum Gasteiger partial charge on any atom is 0.417 e. The molecule has 0 bridgehead atoms. The van der Waals surface area contributed by atoms with Crippen LogP contribution in [0.1, 0.15) is 19.8 Å². The molecule has 1 aliphatic rings. The lowest BCUT2D eigenvalue weighted by atomic mass is 10.3. The molecule has 0 aromatic rings. The Kier molecular flexibility index (Phi) is 8.37. The van der Waals surface area contributed by atoms with Crippen LogP contribution in [0.2, 0.25) is 0 Å². The largest absolute Gasteiger partial charge is 0.465 e. The van der Waals surface area contributed by atoms with E-state index in [1.54, 1.807) is 20.2 Å². The molecule has 0 unspecified atom stereocenters. The molecule has 0 atom stereocenters. The number of aliphatic hydroxyl groups is 1. The standard InChI is InChI=1S/C6H10N2O2.C4H8O/c1-5(3-7-2)6(10)8-4-9;1-2-4-5-3-1/h3-4,7H,1-2H3,(H,8,9,10);1-4H2/p+1/b5-3-;. The zero-order valence-electron chi connectivity index (χ0n) is 9.25. The van der Waals surface area contributed by atoms with Crippen molar-refractivity contribution in [1.82, 2.24) is 5.32 Å². The Morgan fingerprint density at radius 1 is 1.47 bits per heavy atom. The third-order valence-corrected chi connectivity index (χ3v) is 1.74. The van der Waals surface area contributed by atoms with E-state index in [-0.39, 0.29) is 5.91 Å². The third-order valence-electron chi connectivity index (χ3n) is 1.74. The first kappa shape index (κ1) is 13.6. The van der Waals surface area contributed by atoms with E-state index in [4.69, 9.17) is 9.84 Å². The van der Waals surface area contributed by atoms with Gasteiger partial charge in [-0.3, -0.25) is 0 Å². The maximum absolute atomic E-state index is 10.7. The SMILES string of the molecule is C1CCOC1.CN/C=C(/C)C(=O)[NH+]=CO. The van der Waals surface area contributed by atoms with Crippen LogP contribution >= 0.6 is 0 Å². The van der Waals surface area contributed by atoms with Crippen LogP contribution in [-0.4, -0.2) is 37.7 Å². The van der Waals surface area contributed by atoms with Crippen molar-refractivity contribution in [3.05, 3.63) is 11.8 Å². The Bertz CT molecular complexity index is 225. The van der Waals surface area contributed by atoms with Crippen LogP contribution in [0.5, 0.6) is 0 Å². The zero-order chi connectivity index (χ0) is 11.5. The lowest BCUT2D eigenvalue weighted by Crippen LogP contribution is -2.74. The minimum atomic E-state index is -0.322. The van der Waals surface area contributed by atoms with Crippen molar-refractivity contribution in [3.63, 3.8) is 0 Å². The van der Waals surface area contributed by atoms with Gasteiger partial charge in [-0.1, -0.05) is 0 Å². The van der Waals surface area contributed by atoms with Crippen molar-refractivity contribution < 1.29 is 19.6 Å². The summed E-state index contributed by atoms with van der Waals surface area (Å²) in [4.78, 5) is 12.8. The monoisotopic (exact) mass is 215 g/mol. The number of hydrogen-bond donors (Lipinski definition) is 3. The second-order valence-corrected chi connectivity index (χ2v) is 3.04. The lowest BCUT2D eigenvalue weighted by Gasteiger charge is -1.87. The van der Waals surface area contributed by atoms with Gasteiger partial charge in [0, 0.05) is 26.5 Å². The highest BCUT2D eigenvalue weighted by atomic mass is 16.5. The summed E-state index contributed by atoms with van der Waals surface area (Å²) in [7, 11) is 1.69. The summed E-state index contributed by atoms with van der Waals surface area (Å²) >= 11 is 0. The van der Waals surface area contributed by atoms with Gasteiger partial charge in [0.05, 0.1) is 5.57 Å². The molecule has 5 heteroatoms. The summed E-state index contributed by atoms with van der Waals surface area (Å²) in [6, 6.07) is 0. The summed E-state index contributed by atoms with van der Waals surface area (Å²) in [5.41, 5.74) is 0.507. The van der Waals surface area contributed by atoms with Crippen LogP contribution < -0.4 is 10.3 Å². The normalized spacial score (nSPS) is 16.0. The van der Waals surface area contributed by atoms with Crippen molar-refractivity contribution in [2.75, 3.05) is 20.3 Å². The molecule has 0 spiro atoms. The summed E-state index contributed by atoms with van der Waals surface area (Å²) < 4.78 is 4.94. The highest BCUT2D eigenvalue weighted by molar-refractivity contribution is 5.85. The number of ether oxygens (including phenoxy) is 1. The fourth-order valence-electron chi connectivity index (χ4n) is 0.965. The molecule has 3 N–H and O–H groups in total. The average Bonchev–Trinajstić information content (AvgIpc) is 2.76. The molecule has 86 valence electrons. The summed E-state index contributed by atoms with van der Waals surface area (Å²) in [5, 5.41) is 10.8. The van der Waals surface area contributed by atoms with Crippen molar-refractivity contribution in [3.8, 4) is 0 Å². The molecule has 1 aliphatic heterocycles. The van der Waals surface area contributed by atoms with E-state index >= 15 is 0 Å². The number of hydrogen-bond acceptors (Lipinski definition) is 3. The molecule has 1 fully saturated rings. The Morgan fingerprint density at radius 3 is 2.40 bits per heavy atom. The van der Waals surface area contributed by atoms with E-state index in [1.807, 2.05) is 0 Å². The molecule has 0 aromatic heterocycles. The van der Waals surface area contributed by atoms with Gasteiger partial charge in [-0.25, -0.2) is 4.79 Å². The molecule has 1 amide bonds. The molecule has 0 aliphatic carbocycles. The van der Waals surface area contributed by atoms with Crippen LogP contribution in [0.4, 0.5) is 0 Å². The number of aliphatic hydroxyl groups excluding tert-OH is 1. The van der Waals surface area contributed by atoms with E-state index in [1.165, 1.54) is 12.8 Å². The van der Waals surface area contributed by atoms with Gasteiger partial charge in [-0.2, -0.15) is 0 Å². The minimum Gasteiger partial charge on any atom is -0.465 e. The second kappa shape index (κ2) is 9.21. The van der Waals surface area contributed by atoms with E-state index in [0.717, 1.165) is 13.2 Å². The first-order valence-electron chi connectivity index (χ1n) is 4.91. The highest BCUT2D eigenvalue weighted by Crippen LogP contribution is 1.98. The Labute approximate surface area is 89.8 Å². The maximum atomic E-state index is 10.7. The minimum absolute atomic E-state index is 0.322. The van der Waals surface area contributed by atoms with Gasteiger partial charge < -0.3 is 15.2 Å². The quantitative estimate of drug-likeness (QED) is 0.317. The van der Waals surface area contributed by atoms with Crippen LogP contribution in [0.25, 0.3) is 0 Å². The number of amides is 1. The Morgan fingerprint density at radius 2 is 2.07 bits per heavy atom. The first-order chi connectivity index (χ1) is 7.22. The molecule has 0 saturated carbocycles. The van der Waals surface area contributed by atoms with Gasteiger partial charge in [0.1, 0.15) is 0 Å². The van der Waals surface area contributed by atoms with Crippen molar-refractivity contribution in [2.45, 2.75) is 19.8 Å². The molecule has 0 aromatic carbocycles. The lowest BCUT2D eigenvalue weighted by molar-refractivity contribution is -0.375. The third kappa shape index (κ3) is 7.69. The molecule has 1 rings (SSSR count). The van der Waals surface area contributed by atoms with Crippen LogP contribution in [0.15, 0.2) is 11.8 Å². The molecule has 1 saturated heterocycles. The first-order valence-corrected chi connectivity index (χ1v) is 4.91. The number of nitrogens with one attached hydrogen (secondary N) is 2. The van der Waals surface area contributed by atoms with E-state index in [0.29, 0.717) is 12.0 Å². The Hall–Kier alpha value is -1.36. The van der Waals surface area contributed by atoms with E-state index in [9.17, 15) is 4.79 Å². The van der Waals surface area contributed by atoms with Crippen LogP contribution in [-0.2, 0) is 9.53 Å². The van der Waals surface area contributed by atoms with Crippen molar-refractivity contribution in [2.24, 2.45) is 0 Å². The fourth-order valence-corrected chi connectivity index (χ4v) is 0.965. The van der Waals surface area contributed by atoms with Gasteiger partial charge in [-0.15, -0.1) is 4.99 Å². The summed E-state index contributed by atoms with van der Waals surface area (Å²) in [5.74, 6) is -0.322. The smallest absolute Gasteiger partial charge is 0.417 e. The number of carbonyl (C=O) groups excluding carboxylic acids is 1. The zero-order valence-corrected chi connectivity index (χ0v) is 9.25. The molecular weight excluding hydrogens is 196 g/mol. The highest BCUT2D eigenvalue weighted by Gasteiger charge is 2.05. The fraction of sp³-hybridized carbons (Fsp3) is 0.600.